The van der Waals surface area contributed by atoms with Gasteiger partial charge in [-0.3, -0.25) is 9.78 Å². The summed E-state index contributed by atoms with van der Waals surface area (Å²) >= 11 is 0. The third kappa shape index (κ3) is 2.96. The number of hydrogen-bond acceptors (Lipinski definition) is 2. The Hall–Kier alpha value is -1.82. The largest absolute Gasteiger partial charge is 0.369 e. The first-order valence-electron chi connectivity index (χ1n) is 3.88. The number of carbonyl (C=O) groups is 1. The highest BCUT2D eigenvalue weighted by atomic mass is 16.1. The number of carbonyl (C=O) groups excluding carboxylic acids is 1. The van der Waals surface area contributed by atoms with Crippen molar-refractivity contribution in [1.82, 2.24) is 4.98 Å². The Morgan fingerprint density at radius 1 is 1.69 bits per heavy atom. The molecule has 0 aliphatic heterocycles. The lowest BCUT2D eigenvalue weighted by molar-refractivity contribution is -0.117. The highest BCUT2D eigenvalue weighted by Gasteiger charge is 1.91. The van der Waals surface area contributed by atoms with Gasteiger partial charge in [0.25, 0.3) is 0 Å². The summed E-state index contributed by atoms with van der Waals surface area (Å²) in [4.78, 5) is 14.3. The summed E-state index contributed by atoms with van der Waals surface area (Å²) in [5.41, 5.74) is 6.82. The molecule has 0 saturated carbocycles. The van der Waals surface area contributed by atoms with Crippen LogP contribution in [0.25, 0.3) is 0 Å². The van der Waals surface area contributed by atoms with Crippen molar-refractivity contribution in [3.63, 3.8) is 0 Å². The van der Waals surface area contributed by atoms with Crippen LogP contribution in [-0.4, -0.2) is 10.9 Å². The van der Waals surface area contributed by atoms with Crippen LogP contribution in [0.5, 0.6) is 0 Å². The Bertz CT molecular complexity index is 374. The molecular formula is C10H10N2O. The number of aryl methyl sites for hydroxylation is 1. The lowest BCUT2D eigenvalue weighted by Crippen LogP contribution is -2.08. The zero-order chi connectivity index (χ0) is 9.68. The van der Waals surface area contributed by atoms with Crippen LogP contribution >= 0.6 is 0 Å². The zero-order valence-corrected chi connectivity index (χ0v) is 7.37. The molecule has 1 aromatic rings. The number of amides is 1. The van der Waals surface area contributed by atoms with E-state index in [0.29, 0.717) is 0 Å². The van der Waals surface area contributed by atoms with E-state index >= 15 is 0 Å². The normalized spacial score (nSPS) is 8.69. The lowest BCUT2D eigenvalue weighted by atomic mass is 10.2. The van der Waals surface area contributed by atoms with Crippen molar-refractivity contribution in [1.29, 1.82) is 0 Å². The maximum Gasteiger partial charge on any atom is 0.229 e. The second kappa shape index (κ2) is 4.27. The van der Waals surface area contributed by atoms with E-state index < -0.39 is 5.91 Å². The first-order valence-corrected chi connectivity index (χ1v) is 3.88. The minimum atomic E-state index is -0.408. The van der Waals surface area contributed by atoms with Crippen molar-refractivity contribution < 1.29 is 4.79 Å². The number of rotatable bonds is 1. The number of primary amides is 1. The fourth-order valence-electron chi connectivity index (χ4n) is 0.821. The maximum atomic E-state index is 10.4. The van der Waals surface area contributed by atoms with E-state index in [0.717, 1.165) is 11.1 Å². The van der Waals surface area contributed by atoms with Crippen LogP contribution < -0.4 is 5.73 Å². The Morgan fingerprint density at radius 2 is 2.46 bits per heavy atom. The minimum Gasteiger partial charge on any atom is -0.369 e. The van der Waals surface area contributed by atoms with Crippen LogP contribution in [0.1, 0.15) is 17.5 Å². The van der Waals surface area contributed by atoms with E-state index in [9.17, 15) is 4.79 Å². The predicted molar refractivity (Wildman–Crippen MR) is 49.7 cm³/mol. The van der Waals surface area contributed by atoms with E-state index in [1.807, 2.05) is 13.0 Å². The first-order chi connectivity index (χ1) is 6.20. The molecule has 1 amide bonds. The third-order valence-corrected chi connectivity index (χ3v) is 1.52. The molecule has 0 aliphatic rings. The molecular weight excluding hydrogens is 164 g/mol. The van der Waals surface area contributed by atoms with E-state index in [-0.39, 0.29) is 6.42 Å². The molecule has 0 aliphatic carbocycles. The van der Waals surface area contributed by atoms with Crippen LogP contribution in [0.15, 0.2) is 18.5 Å². The predicted octanol–water partition coefficient (Wildman–Crippen LogP) is 0.617. The van der Waals surface area contributed by atoms with Gasteiger partial charge in [0.1, 0.15) is 0 Å². The van der Waals surface area contributed by atoms with Crippen LogP contribution in [0, 0.1) is 18.8 Å². The second-order valence-corrected chi connectivity index (χ2v) is 2.64. The summed E-state index contributed by atoms with van der Waals surface area (Å²) in [6.07, 6.45) is 3.46. The molecule has 3 nitrogen and oxygen atoms in total. The van der Waals surface area contributed by atoms with Crippen LogP contribution in [0.3, 0.4) is 0 Å². The average Bonchev–Trinajstić information content (AvgIpc) is 2.08. The third-order valence-electron chi connectivity index (χ3n) is 1.52. The Labute approximate surface area is 77.0 Å². The van der Waals surface area contributed by atoms with Gasteiger partial charge in [-0.05, 0) is 18.6 Å². The SMILES string of the molecule is Cc1ccncc1C#CCC(N)=O. The van der Waals surface area contributed by atoms with Crippen LogP contribution in [0.4, 0.5) is 0 Å². The van der Waals surface area contributed by atoms with Gasteiger partial charge in [-0.1, -0.05) is 11.8 Å². The van der Waals surface area contributed by atoms with Gasteiger partial charge < -0.3 is 5.73 Å². The number of nitrogens with two attached hydrogens (primary N) is 1. The molecule has 0 fully saturated rings. The second-order valence-electron chi connectivity index (χ2n) is 2.64. The molecule has 0 atom stereocenters. The fraction of sp³-hybridized carbons (Fsp3) is 0.200. The van der Waals surface area contributed by atoms with Gasteiger partial charge in [-0.2, -0.15) is 0 Å². The fourth-order valence-corrected chi connectivity index (χ4v) is 0.821. The monoisotopic (exact) mass is 174 g/mol. The van der Waals surface area contributed by atoms with Gasteiger partial charge in [0, 0.05) is 18.0 Å². The molecule has 1 aromatic heterocycles. The van der Waals surface area contributed by atoms with Crippen molar-refractivity contribution in [2.45, 2.75) is 13.3 Å². The summed E-state index contributed by atoms with van der Waals surface area (Å²) in [6.45, 7) is 1.94. The molecule has 13 heavy (non-hydrogen) atoms. The minimum absolute atomic E-state index is 0.0916. The average molecular weight is 174 g/mol. The van der Waals surface area contributed by atoms with Crippen molar-refractivity contribution in [2.24, 2.45) is 5.73 Å². The standard InChI is InChI=1S/C10H10N2O/c1-8-5-6-12-7-9(8)3-2-4-10(11)13/h5-7H,4H2,1H3,(H2,11,13). The van der Waals surface area contributed by atoms with Crippen molar-refractivity contribution in [3.8, 4) is 11.8 Å². The quantitative estimate of drug-likeness (QED) is 0.634. The molecule has 0 spiro atoms. The molecule has 1 rings (SSSR count). The molecule has 0 aromatic carbocycles. The summed E-state index contributed by atoms with van der Waals surface area (Å²) < 4.78 is 0. The van der Waals surface area contributed by atoms with E-state index in [1.165, 1.54) is 0 Å². The molecule has 3 heteroatoms. The highest BCUT2D eigenvalue weighted by molar-refractivity contribution is 5.76. The summed E-state index contributed by atoms with van der Waals surface area (Å²) in [7, 11) is 0. The van der Waals surface area contributed by atoms with Crippen molar-refractivity contribution in [2.75, 3.05) is 0 Å². The molecule has 66 valence electrons. The molecule has 0 radical (unpaired) electrons. The van der Waals surface area contributed by atoms with Gasteiger partial charge in [0.05, 0.1) is 6.42 Å². The summed E-state index contributed by atoms with van der Waals surface area (Å²) in [5.74, 6) is 5.10. The number of aromatic nitrogens is 1. The number of nitrogens with zero attached hydrogens (tertiary/aromatic N) is 1. The smallest absolute Gasteiger partial charge is 0.229 e. The van der Waals surface area contributed by atoms with Crippen molar-refractivity contribution >= 4 is 5.91 Å². The molecule has 2 N–H and O–H groups in total. The molecule has 0 unspecified atom stereocenters. The van der Waals surface area contributed by atoms with Crippen molar-refractivity contribution in [3.05, 3.63) is 29.6 Å². The Morgan fingerprint density at radius 3 is 3.08 bits per heavy atom. The number of pyridine rings is 1. The van der Waals surface area contributed by atoms with Gasteiger partial charge in [0.15, 0.2) is 0 Å². The molecule has 0 bridgehead atoms. The summed E-state index contributed by atoms with van der Waals surface area (Å²) in [6, 6.07) is 1.87. The zero-order valence-electron chi connectivity index (χ0n) is 7.37. The molecule has 0 saturated heterocycles. The van der Waals surface area contributed by atoms with Crippen LogP contribution in [-0.2, 0) is 4.79 Å². The van der Waals surface area contributed by atoms with E-state index in [4.69, 9.17) is 5.73 Å². The maximum absolute atomic E-state index is 10.4. The van der Waals surface area contributed by atoms with E-state index in [1.54, 1.807) is 12.4 Å². The summed E-state index contributed by atoms with van der Waals surface area (Å²) in [5, 5.41) is 0. The van der Waals surface area contributed by atoms with Gasteiger partial charge in [0.2, 0.25) is 5.91 Å². The van der Waals surface area contributed by atoms with Gasteiger partial charge in [-0.25, -0.2) is 0 Å². The number of hydrogen-bond donors (Lipinski definition) is 1. The lowest BCUT2D eigenvalue weighted by Gasteiger charge is -1.93. The highest BCUT2D eigenvalue weighted by Crippen LogP contribution is 2.01. The first kappa shape index (κ1) is 9.27. The van der Waals surface area contributed by atoms with Crippen LogP contribution in [0.2, 0.25) is 0 Å². The Balaban J connectivity index is 2.77. The topological polar surface area (TPSA) is 56.0 Å². The Kier molecular flexibility index (Phi) is 3.04. The molecule has 1 heterocycles. The van der Waals surface area contributed by atoms with Gasteiger partial charge in [-0.15, -0.1) is 0 Å². The van der Waals surface area contributed by atoms with Gasteiger partial charge >= 0.3 is 0 Å². The van der Waals surface area contributed by atoms with E-state index in [2.05, 4.69) is 16.8 Å².